The van der Waals surface area contributed by atoms with E-state index in [2.05, 4.69) is 5.32 Å². The second-order valence-corrected chi connectivity index (χ2v) is 4.59. The second-order valence-electron chi connectivity index (χ2n) is 4.59. The minimum atomic E-state index is 0.00157. The molecule has 3 N–H and O–H groups in total. The van der Waals surface area contributed by atoms with Crippen LogP contribution in [0.3, 0.4) is 0 Å². The van der Waals surface area contributed by atoms with Crippen molar-refractivity contribution in [1.29, 1.82) is 0 Å². The van der Waals surface area contributed by atoms with Gasteiger partial charge in [-0.3, -0.25) is 4.79 Å². The molecule has 0 heterocycles. The van der Waals surface area contributed by atoms with Crippen LogP contribution in [0.5, 0.6) is 0 Å². The van der Waals surface area contributed by atoms with E-state index in [-0.39, 0.29) is 5.91 Å². The van der Waals surface area contributed by atoms with Crippen LogP contribution in [0.4, 0.5) is 5.69 Å². The number of nitrogens with two attached hydrogens (primary N) is 1. The van der Waals surface area contributed by atoms with E-state index in [9.17, 15) is 4.79 Å². The topological polar surface area (TPSA) is 58.4 Å². The minimum Gasteiger partial charge on any atom is -0.326 e. The highest BCUT2D eigenvalue weighted by atomic mass is 16.2. The molecule has 1 rings (SSSR count). The first-order chi connectivity index (χ1) is 7.93. The van der Waals surface area contributed by atoms with Crippen molar-refractivity contribution < 1.29 is 4.79 Å². The van der Waals surface area contributed by atoms with Crippen molar-refractivity contribution in [3.8, 4) is 0 Å². The molecular formula is C13H21N3O. The molecule has 1 aromatic rings. The number of aryl methyl sites for hydroxylation is 2. The van der Waals surface area contributed by atoms with E-state index in [0.717, 1.165) is 22.4 Å². The standard InChI is InChI=1S/C13H21N3O/c1-9-5-11(7-14)6-10(2)13(9)15-12(17)8-16(3)4/h5-6H,7-8,14H2,1-4H3,(H,15,17). The van der Waals surface area contributed by atoms with Crippen LogP contribution < -0.4 is 11.1 Å². The molecule has 4 nitrogen and oxygen atoms in total. The molecular weight excluding hydrogens is 214 g/mol. The number of nitrogens with zero attached hydrogens (tertiary/aromatic N) is 1. The third-order valence-electron chi connectivity index (χ3n) is 2.55. The van der Waals surface area contributed by atoms with Crippen molar-refractivity contribution in [3.05, 3.63) is 28.8 Å². The third kappa shape index (κ3) is 3.84. The fourth-order valence-electron chi connectivity index (χ4n) is 1.83. The SMILES string of the molecule is Cc1cc(CN)cc(C)c1NC(=O)CN(C)C. The Morgan fingerprint density at radius 1 is 1.29 bits per heavy atom. The number of nitrogens with one attached hydrogen (secondary N) is 1. The van der Waals surface area contributed by atoms with Crippen molar-refractivity contribution in [1.82, 2.24) is 4.90 Å². The molecule has 0 aliphatic carbocycles. The normalized spacial score (nSPS) is 10.7. The Morgan fingerprint density at radius 2 is 1.82 bits per heavy atom. The van der Waals surface area contributed by atoms with Crippen molar-refractivity contribution in [2.24, 2.45) is 5.73 Å². The van der Waals surface area contributed by atoms with Gasteiger partial charge >= 0.3 is 0 Å². The fourth-order valence-corrected chi connectivity index (χ4v) is 1.83. The summed E-state index contributed by atoms with van der Waals surface area (Å²) < 4.78 is 0. The number of carbonyl (C=O) groups excluding carboxylic acids is 1. The van der Waals surface area contributed by atoms with Crippen LogP contribution in [0.1, 0.15) is 16.7 Å². The predicted octanol–water partition coefficient (Wildman–Crippen LogP) is 1.26. The first-order valence-corrected chi connectivity index (χ1v) is 5.68. The molecule has 0 aliphatic rings. The molecule has 1 aromatic carbocycles. The van der Waals surface area contributed by atoms with Gasteiger partial charge in [0.25, 0.3) is 0 Å². The Hall–Kier alpha value is -1.39. The van der Waals surface area contributed by atoms with Crippen molar-refractivity contribution >= 4 is 11.6 Å². The van der Waals surface area contributed by atoms with Gasteiger partial charge in [-0.25, -0.2) is 0 Å². The van der Waals surface area contributed by atoms with Crippen molar-refractivity contribution in [2.75, 3.05) is 26.0 Å². The van der Waals surface area contributed by atoms with Gasteiger partial charge in [-0.05, 0) is 44.6 Å². The van der Waals surface area contributed by atoms with Gasteiger partial charge in [-0.2, -0.15) is 0 Å². The fraction of sp³-hybridized carbons (Fsp3) is 0.462. The summed E-state index contributed by atoms with van der Waals surface area (Å²) in [5, 5.41) is 2.94. The van der Waals surface area contributed by atoms with Gasteiger partial charge in [0.1, 0.15) is 0 Å². The number of likely N-dealkylation sites (N-methyl/N-ethyl adjacent to an activating group) is 1. The Bertz CT molecular complexity index is 390. The zero-order valence-corrected chi connectivity index (χ0v) is 11.0. The maximum Gasteiger partial charge on any atom is 0.238 e. The van der Waals surface area contributed by atoms with Crippen LogP contribution in [-0.4, -0.2) is 31.4 Å². The lowest BCUT2D eigenvalue weighted by atomic mass is 10.0. The average molecular weight is 235 g/mol. The highest BCUT2D eigenvalue weighted by Crippen LogP contribution is 2.22. The molecule has 0 atom stereocenters. The highest BCUT2D eigenvalue weighted by molar-refractivity contribution is 5.93. The van der Waals surface area contributed by atoms with Crippen molar-refractivity contribution in [2.45, 2.75) is 20.4 Å². The quantitative estimate of drug-likeness (QED) is 0.826. The molecule has 0 bridgehead atoms. The largest absolute Gasteiger partial charge is 0.326 e. The summed E-state index contributed by atoms with van der Waals surface area (Å²) in [4.78, 5) is 13.5. The maximum atomic E-state index is 11.7. The summed E-state index contributed by atoms with van der Waals surface area (Å²) in [6, 6.07) is 4.02. The number of benzene rings is 1. The van der Waals surface area contributed by atoms with Crippen LogP contribution in [-0.2, 0) is 11.3 Å². The summed E-state index contributed by atoms with van der Waals surface area (Å²) in [6.07, 6.45) is 0. The lowest BCUT2D eigenvalue weighted by Crippen LogP contribution is -2.27. The van der Waals surface area contributed by atoms with Gasteiger partial charge in [0, 0.05) is 12.2 Å². The molecule has 0 aromatic heterocycles. The molecule has 94 valence electrons. The first kappa shape index (κ1) is 13.7. The molecule has 0 unspecified atom stereocenters. The maximum absolute atomic E-state index is 11.7. The monoisotopic (exact) mass is 235 g/mol. The van der Waals surface area contributed by atoms with E-state index in [1.54, 1.807) is 0 Å². The molecule has 0 radical (unpaired) electrons. The van der Waals surface area contributed by atoms with E-state index in [0.29, 0.717) is 13.1 Å². The Kier molecular flexibility index (Phi) is 4.66. The van der Waals surface area contributed by atoms with Gasteiger partial charge in [-0.1, -0.05) is 12.1 Å². The smallest absolute Gasteiger partial charge is 0.238 e. The molecule has 1 amide bonds. The van der Waals surface area contributed by atoms with E-state index >= 15 is 0 Å². The van der Waals surface area contributed by atoms with E-state index in [1.165, 1.54) is 0 Å². The van der Waals surface area contributed by atoms with E-state index in [1.807, 2.05) is 45.0 Å². The highest BCUT2D eigenvalue weighted by Gasteiger charge is 2.09. The Balaban J connectivity index is 2.88. The average Bonchev–Trinajstić information content (AvgIpc) is 2.22. The summed E-state index contributed by atoms with van der Waals surface area (Å²) in [6.45, 7) is 4.87. The van der Waals surface area contributed by atoms with Crippen LogP contribution in [0.25, 0.3) is 0 Å². The van der Waals surface area contributed by atoms with Crippen LogP contribution in [0.15, 0.2) is 12.1 Å². The number of anilines is 1. The zero-order valence-electron chi connectivity index (χ0n) is 11.0. The molecule has 17 heavy (non-hydrogen) atoms. The van der Waals surface area contributed by atoms with Gasteiger partial charge in [-0.15, -0.1) is 0 Å². The summed E-state index contributed by atoms with van der Waals surface area (Å²) in [7, 11) is 3.74. The Labute approximate surface area is 103 Å². The molecule has 0 fully saturated rings. The lowest BCUT2D eigenvalue weighted by Gasteiger charge is -2.15. The molecule has 4 heteroatoms. The van der Waals surface area contributed by atoms with Crippen LogP contribution in [0.2, 0.25) is 0 Å². The number of rotatable bonds is 4. The van der Waals surface area contributed by atoms with Gasteiger partial charge in [0.15, 0.2) is 0 Å². The second kappa shape index (κ2) is 5.80. The first-order valence-electron chi connectivity index (χ1n) is 5.68. The third-order valence-corrected chi connectivity index (χ3v) is 2.55. The lowest BCUT2D eigenvalue weighted by molar-refractivity contribution is -0.116. The number of carbonyl (C=O) groups is 1. The molecule has 0 saturated carbocycles. The van der Waals surface area contributed by atoms with Gasteiger partial charge < -0.3 is 16.0 Å². The van der Waals surface area contributed by atoms with E-state index in [4.69, 9.17) is 5.73 Å². The summed E-state index contributed by atoms with van der Waals surface area (Å²) >= 11 is 0. The predicted molar refractivity (Wildman–Crippen MR) is 71.0 cm³/mol. The van der Waals surface area contributed by atoms with E-state index < -0.39 is 0 Å². The van der Waals surface area contributed by atoms with Crippen molar-refractivity contribution in [3.63, 3.8) is 0 Å². The van der Waals surface area contributed by atoms with Crippen LogP contribution >= 0.6 is 0 Å². The van der Waals surface area contributed by atoms with Gasteiger partial charge in [0.05, 0.1) is 6.54 Å². The Morgan fingerprint density at radius 3 is 2.24 bits per heavy atom. The zero-order chi connectivity index (χ0) is 13.0. The summed E-state index contributed by atoms with van der Waals surface area (Å²) in [5.41, 5.74) is 9.70. The number of amides is 1. The number of hydrogen-bond acceptors (Lipinski definition) is 3. The van der Waals surface area contributed by atoms with Gasteiger partial charge in [0.2, 0.25) is 5.91 Å². The molecule has 0 saturated heterocycles. The van der Waals surface area contributed by atoms with Crippen LogP contribution in [0, 0.1) is 13.8 Å². The molecule has 0 spiro atoms. The minimum absolute atomic E-state index is 0.00157. The number of hydrogen-bond donors (Lipinski definition) is 2. The summed E-state index contributed by atoms with van der Waals surface area (Å²) in [5.74, 6) is 0.00157. The molecule has 0 aliphatic heterocycles.